The van der Waals surface area contributed by atoms with Gasteiger partial charge in [-0.2, -0.15) is 0 Å². The maximum atomic E-state index is 12.5. The summed E-state index contributed by atoms with van der Waals surface area (Å²) in [6.07, 6.45) is 2.50. The van der Waals surface area contributed by atoms with Crippen molar-refractivity contribution in [1.29, 1.82) is 0 Å². The van der Waals surface area contributed by atoms with Crippen molar-refractivity contribution in [3.05, 3.63) is 24.3 Å². The molecule has 1 amide bonds. The van der Waals surface area contributed by atoms with Crippen LogP contribution in [0.5, 0.6) is 5.75 Å². The molecule has 0 bridgehead atoms. The van der Waals surface area contributed by atoms with Gasteiger partial charge in [0.25, 0.3) is 0 Å². The van der Waals surface area contributed by atoms with Crippen molar-refractivity contribution in [3.8, 4) is 5.75 Å². The maximum absolute atomic E-state index is 12.5. The molecule has 0 unspecified atom stereocenters. The van der Waals surface area contributed by atoms with Crippen molar-refractivity contribution in [2.24, 2.45) is 0 Å². The summed E-state index contributed by atoms with van der Waals surface area (Å²) in [7, 11) is -5.72. The van der Waals surface area contributed by atoms with E-state index in [1.54, 1.807) is 12.1 Å². The van der Waals surface area contributed by atoms with Gasteiger partial charge in [0.05, 0.1) is 29.8 Å². The highest BCUT2D eigenvalue weighted by Crippen LogP contribution is 2.46. The van der Waals surface area contributed by atoms with Gasteiger partial charge in [-0.3, -0.25) is 4.79 Å². The number of β-lactam (4-membered cyclic amide) rings is 1. The van der Waals surface area contributed by atoms with Crippen LogP contribution in [0.2, 0.25) is 0 Å². The molecule has 2 aliphatic rings. The minimum Gasteiger partial charge on any atom is -0.497 e. The standard InChI is InChI=1S/C21H30N2O8S2/c1-21(2)19(23-17(24)14-18(23)32(21,26)27)20(25)31-13-7-5-4-6-12-22-33(28,29)16-10-8-15(30-3)9-11-16/h8-11,18-19,22H,4-7,12-14H2,1-3H3/t18-,19+/m1/s1. The first-order valence-corrected chi connectivity index (χ1v) is 13.8. The third kappa shape index (κ3) is 4.87. The fourth-order valence-electron chi connectivity index (χ4n) is 4.09. The van der Waals surface area contributed by atoms with Crippen molar-refractivity contribution < 1.29 is 35.9 Å². The minimum absolute atomic E-state index is 0.0856. The van der Waals surface area contributed by atoms with E-state index in [1.165, 1.54) is 33.1 Å². The van der Waals surface area contributed by atoms with E-state index in [2.05, 4.69) is 4.72 Å². The number of carbonyl (C=O) groups excluding carboxylic acids is 2. The first kappa shape index (κ1) is 25.4. The molecule has 0 aromatic heterocycles. The van der Waals surface area contributed by atoms with Crippen molar-refractivity contribution in [2.45, 2.75) is 67.0 Å². The molecule has 0 spiro atoms. The zero-order chi connectivity index (χ0) is 24.4. The van der Waals surface area contributed by atoms with Gasteiger partial charge in [0, 0.05) is 6.54 Å². The van der Waals surface area contributed by atoms with E-state index in [4.69, 9.17) is 9.47 Å². The quantitative estimate of drug-likeness (QED) is 0.271. The monoisotopic (exact) mass is 502 g/mol. The number of amides is 1. The van der Waals surface area contributed by atoms with Crippen LogP contribution in [-0.2, 0) is 34.2 Å². The fourth-order valence-corrected chi connectivity index (χ4v) is 7.28. The van der Waals surface area contributed by atoms with Gasteiger partial charge in [0.15, 0.2) is 9.84 Å². The molecule has 0 radical (unpaired) electrons. The van der Waals surface area contributed by atoms with Crippen LogP contribution in [0.3, 0.4) is 0 Å². The largest absolute Gasteiger partial charge is 0.497 e. The number of ether oxygens (including phenoxy) is 2. The zero-order valence-electron chi connectivity index (χ0n) is 18.9. The minimum atomic E-state index is -3.63. The number of unbranched alkanes of at least 4 members (excludes halogenated alkanes) is 3. The average molecular weight is 503 g/mol. The topological polar surface area (TPSA) is 136 Å². The fraction of sp³-hybridized carbons (Fsp3) is 0.619. The molecule has 2 aliphatic heterocycles. The predicted molar refractivity (Wildman–Crippen MR) is 120 cm³/mol. The van der Waals surface area contributed by atoms with E-state index in [-0.39, 0.29) is 30.4 Å². The Kier molecular flexibility index (Phi) is 7.39. The predicted octanol–water partition coefficient (Wildman–Crippen LogP) is 1.21. The van der Waals surface area contributed by atoms with Crippen LogP contribution >= 0.6 is 0 Å². The summed E-state index contributed by atoms with van der Waals surface area (Å²) in [6.45, 7) is 3.29. The SMILES string of the molecule is COc1ccc(S(=O)(=O)NCCCCCCOC(=O)[C@@H]2N3C(=O)C[C@H]3S(=O)(=O)C2(C)C)cc1. The first-order valence-electron chi connectivity index (χ1n) is 10.8. The number of sulfone groups is 1. The van der Waals surface area contributed by atoms with Gasteiger partial charge in [-0.1, -0.05) is 12.8 Å². The molecule has 1 aromatic rings. The number of sulfonamides is 1. The molecule has 2 fully saturated rings. The molecule has 184 valence electrons. The summed E-state index contributed by atoms with van der Waals surface area (Å²) in [5.74, 6) is -0.483. The summed E-state index contributed by atoms with van der Waals surface area (Å²) < 4.78 is 61.1. The molecule has 10 nitrogen and oxygen atoms in total. The van der Waals surface area contributed by atoms with E-state index in [9.17, 15) is 26.4 Å². The molecular formula is C21H30N2O8S2. The number of hydrogen-bond donors (Lipinski definition) is 1. The highest BCUT2D eigenvalue weighted by molar-refractivity contribution is 7.93. The smallest absolute Gasteiger partial charge is 0.330 e. The van der Waals surface area contributed by atoms with E-state index in [0.717, 1.165) is 11.3 Å². The molecule has 12 heteroatoms. The third-order valence-electron chi connectivity index (χ3n) is 6.18. The van der Waals surface area contributed by atoms with Crippen LogP contribution in [0.15, 0.2) is 29.2 Å². The van der Waals surface area contributed by atoms with E-state index in [1.807, 2.05) is 0 Å². The number of nitrogens with one attached hydrogen (secondary N) is 1. The van der Waals surface area contributed by atoms with E-state index >= 15 is 0 Å². The first-order chi connectivity index (χ1) is 15.4. The van der Waals surface area contributed by atoms with Gasteiger partial charge in [0.2, 0.25) is 15.9 Å². The lowest BCUT2D eigenvalue weighted by Crippen LogP contribution is -2.57. The Balaban J connectivity index is 1.36. The Labute approximate surface area is 194 Å². The molecule has 0 saturated carbocycles. The number of methoxy groups -OCH3 is 1. The Hall–Kier alpha value is -2.18. The lowest BCUT2D eigenvalue weighted by atomic mass is 9.98. The number of carbonyl (C=O) groups is 2. The Morgan fingerprint density at radius 3 is 2.39 bits per heavy atom. The Morgan fingerprint density at radius 2 is 1.79 bits per heavy atom. The molecule has 2 heterocycles. The second-order valence-corrected chi connectivity index (χ2v) is 13.1. The Morgan fingerprint density at radius 1 is 1.15 bits per heavy atom. The van der Waals surface area contributed by atoms with Crippen molar-refractivity contribution in [1.82, 2.24) is 9.62 Å². The highest BCUT2D eigenvalue weighted by atomic mass is 32.2. The van der Waals surface area contributed by atoms with Gasteiger partial charge in [-0.15, -0.1) is 0 Å². The number of esters is 1. The summed E-state index contributed by atoms with van der Waals surface area (Å²) in [5.41, 5.74) is 0. The van der Waals surface area contributed by atoms with Crippen molar-refractivity contribution in [2.75, 3.05) is 20.3 Å². The van der Waals surface area contributed by atoms with Gasteiger partial charge < -0.3 is 14.4 Å². The van der Waals surface area contributed by atoms with Gasteiger partial charge in [0.1, 0.15) is 17.2 Å². The van der Waals surface area contributed by atoms with Crippen LogP contribution in [0.1, 0.15) is 46.0 Å². The normalized spacial score (nSPS) is 23.0. The van der Waals surface area contributed by atoms with Gasteiger partial charge in [-0.05, 0) is 51.0 Å². The molecule has 2 saturated heterocycles. The molecule has 2 atom stereocenters. The van der Waals surface area contributed by atoms with Gasteiger partial charge in [-0.25, -0.2) is 26.4 Å². The summed E-state index contributed by atoms with van der Waals surface area (Å²) in [5, 5.41) is -0.931. The summed E-state index contributed by atoms with van der Waals surface area (Å²) >= 11 is 0. The second-order valence-electron chi connectivity index (χ2n) is 8.67. The van der Waals surface area contributed by atoms with Crippen molar-refractivity contribution >= 4 is 31.7 Å². The molecular weight excluding hydrogens is 472 g/mol. The van der Waals surface area contributed by atoms with Crippen LogP contribution < -0.4 is 9.46 Å². The van der Waals surface area contributed by atoms with Crippen LogP contribution in [-0.4, -0.2) is 70.0 Å². The maximum Gasteiger partial charge on any atom is 0.330 e. The number of hydrogen-bond acceptors (Lipinski definition) is 8. The lowest BCUT2D eigenvalue weighted by Gasteiger charge is -2.36. The van der Waals surface area contributed by atoms with Gasteiger partial charge >= 0.3 is 5.97 Å². The summed E-state index contributed by atoms with van der Waals surface area (Å²) in [6, 6.07) is 4.98. The molecule has 3 rings (SSSR count). The highest BCUT2D eigenvalue weighted by Gasteiger charge is 2.68. The molecule has 33 heavy (non-hydrogen) atoms. The number of benzene rings is 1. The lowest BCUT2D eigenvalue weighted by molar-refractivity contribution is -0.161. The molecule has 1 aromatic carbocycles. The molecule has 1 N–H and O–H groups in total. The van der Waals surface area contributed by atoms with Crippen LogP contribution in [0.4, 0.5) is 0 Å². The van der Waals surface area contributed by atoms with Crippen LogP contribution in [0, 0.1) is 0 Å². The van der Waals surface area contributed by atoms with E-state index < -0.39 is 42.0 Å². The van der Waals surface area contributed by atoms with E-state index in [0.29, 0.717) is 25.0 Å². The summed E-state index contributed by atoms with van der Waals surface area (Å²) in [4.78, 5) is 25.7. The van der Waals surface area contributed by atoms with Crippen LogP contribution in [0.25, 0.3) is 0 Å². The Bertz CT molecular complexity index is 1100. The number of nitrogens with zero attached hydrogens (tertiary/aromatic N) is 1. The average Bonchev–Trinajstić information content (AvgIpc) is 2.89. The zero-order valence-corrected chi connectivity index (χ0v) is 20.6. The number of fused-ring (bicyclic) bond motifs is 1. The second kappa shape index (κ2) is 9.59. The van der Waals surface area contributed by atoms with Crippen molar-refractivity contribution in [3.63, 3.8) is 0 Å². The number of rotatable bonds is 11. The molecule has 0 aliphatic carbocycles. The third-order valence-corrected chi connectivity index (χ3v) is 10.5.